The molecule has 3 heterocycles. The van der Waals surface area contributed by atoms with E-state index in [1.165, 1.54) is 25.6 Å². The topological polar surface area (TPSA) is 109 Å². The Morgan fingerprint density at radius 3 is 2.83 bits per heavy atom. The van der Waals surface area contributed by atoms with E-state index < -0.39 is 5.82 Å². The monoisotopic (exact) mass is 495 g/mol. The highest BCUT2D eigenvalue weighted by Gasteiger charge is 2.34. The molecule has 1 aliphatic carbocycles. The third-order valence-corrected chi connectivity index (χ3v) is 6.86. The normalized spacial score (nSPS) is 19.6. The zero-order chi connectivity index (χ0) is 25.4. The Bertz CT molecular complexity index is 1300. The summed E-state index contributed by atoms with van der Waals surface area (Å²) in [6, 6.07) is 4.18. The quantitative estimate of drug-likeness (QED) is 0.497. The number of methoxy groups -OCH3 is 1. The van der Waals surface area contributed by atoms with Crippen molar-refractivity contribution >= 4 is 22.8 Å². The van der Waals surface area contributed by atoms with Crippen LogP contribution in [-0.2, 0) is 9.53 Å². The number of hydrogen-bond acceptors (Lipinski definition) is 6. The number of carbonyl (C=O) groups is 2. The number of nitrogens with zero attached hydrogens (tertiary/aromatic N) is 3. The average Bonchev–Trinajstić information content (AvgIpc) is 3.51. The van der Waals surface area contributed by atoms with Crippen molar-refractivity contribution in [1.82, 2.24) is 25.2 Å². The highest BCUT2D eigenvalue weighted by Crippen LogP contribution is 2.36. The molecule has 10 heteroatoms. The maximum absolute atomic E-state index is 14.2. The number of fused-ring (bicyclic) bond motifs is 1. The summed E-state index contributed by atoms with van der Waals surface area (Å²) >= 11 is 0. The van der Waals surface area contributed by atoms with Crippen LogP contribution in [0.15, 0.2) is 24.5 Å². The van der Waals surface area contributed by atoms with Crippen molar-refractivity contribution in [3.8, 4) is 17.0 Å². The fraction of sp³-hybridized carbons (Fsp3) is 0.462. The Balaban J connectivity index is 1.42. The maximum Gasteiger partial charge on any atom is 0.255 e. The number of aromatic amines is 1. The Morgan fingerprint density at radius 2 is 2.08 bits per heavy atom. The SMILES string of the molecule is COCC(=O)N1C[C@H](NC(=O)c2c(C)[nH]c3c(-c4cc(F)ccc4OCC4CC4)ncnc23)C[C@@H]1C. The van der Waals surface area contributed by atoms with Crippen molar-refractivity contribution in [3.63, 3.8) is 0 Å². The number of aromatic nitrogens is 3. The number of halogens is 1. The number of aryl methyl sites for hydroxylation is 1. The van der Waals surface area contributed by atoms with Gasteiger partial charge in [-0.05, 0) is 57.2 Å². The number of H-pyrrole nitrogens is 1. The van der Waals surface area contributed by atoms with Crippen LogP contribution < -0.4 is 10.1 Å². The first-order chi connectivity index (χ1) is 17.4. The van der Waals surface area contributed by atoms with Gasteiger partial charge in [-0.2, -0.15) is 0 Å². The molecule has 2 amide bonds. The Hall–Kier alpha value is -3.53. The Kier molecular flexibility index (Phi) is 6.61. The number of amides is 2. The number of carbonyl (C=O) groups excluding carboxylic acids is 2. The summed E-state index contributed by atoms with van der Waals surface area (Å²) in [7, 11) is 1.49. The maximum atomic E-state index is 14.2. The fourth-order valence-electron chi connectivity index (χ4n) is 4.86. The zero-order valence-corrected chi connectivity index (χ0v) is 20.6. The third-order valence-electron chi connectivity index (χ3n) is 6.86. The van der Waals surface area contributed by atoms with Gasteiger partial charge >= 0.3 is 0 Å². The smallest absolute Gasteiger partial charge is 0.255 e. The molecule has 1 aromatic carbocycles. The van der Waals surface area contributed by atoms with Gasteiger partial charge in [-0.1, -0.05) is 0 Å². The van der Waals surface area contributed by atoms with Crippen LogP contribution in [0, 0.1) is 18.7 Å². The lowest BCUT2D eigenvalue weighted by molar-refractivity contribution is -0.135. The molecule has 1 saturated heterocycles. The van der Waals surface area contributed by atoms with E-state index in [0.29, 0.717) is 64.8 Å². The summed E-state index contributed by atoms with van der Waals surface area (Å²) in [5, 5.41) is 3.05. The number of ether oxygens (including phenoxy) is 2. The van der Waals surface area contributed by atoms with E-state index in [4.69, 9.17) is 9.47 Å². The third kappa shape index (κ3) is 4.77. The number of nitrogens with one attached hydrogen (secondary N) is 2. The summed E-state index contributed by atoms with van der Waals surface area (Å²) in [4.78, 5) is 39.4. The molecule has 3 aromatic rings. The van der Waals surface area contributed by atoms with Crippen molar-refractivity contribution in [3.05, 3.63) is 41.6 Å². The average molecular weight is 496 g/mol. The Morgan fingerprint density at radius 1 is 1.28 bits per heavy atom. The van der Waals surface area contributed by atoms with Crippen LogP contribution in [0.4, 0.5) is 4.39 Å². The van der Waals surface area contributed by atoms with Crippen molar-refractivity contribution in [2.45, 2.75) is 45.2 Å². The van der Waals surface area contributed by atoms with Gasteiger partial charge in [0.15, 0.2) is 0 Å². The molecule has 9 nitrogen and oxygen atoms in total. The molecule has 1 saturated carbocycles. The minimum absolute atomic E-state index is 0.00187. The van der Waals surface area contributed by atoms with Gasteiger partial charge in [0, 0.05) is 37.0 Å². The van der Waals surface area contributed by atoms with E-state index in [1.54, 1.807) is 17.9 Å². The van der Waals surface area contributed by atoms with E-state index >= 15 is 0 Å². The lowest BCUT2D eigenvalue weighted by Crippen LogP contribution is -2.40. The lowest BCUT2D eigenvalue weighted by atomic mass is 10.1. The largest absolute Gasteiger partial charge is 0.493 e. The van der Waals surface area contributed by atoms with Gasteiger partial charge in [0.05, 0.1) is 17.7 Å². The minimum atomic E-state index is -0.403. The summed E-state index contributed by atoms with van der Waals surface area (Å²) in [6.45, 7) is 4.76. The van der Waals surface area contributed by atoms with Crippen molar-refractivity contribution < 1.29 is 23.5 Å². The number of likely N-dealkylation sites (tertiary alicyclic amines) is 1. The summed E-state index contributed by atoms with van der Waals surface area (Å²) < 4.78 is 25.2. The predicted molar refractivity (Wildman–Crippen MR) is 131 cm³/mol. The summed E-state index contributed by atoms with van der Waals surface area (Å²) in [5.41, 5.74) is 3.00. The van der Waals surface area contributed by atoms with Crippen molar-refractivity contribution in [2.24, 2.45) is 5.92 Å². The minimum Gasteiger partial charge on any atom is -0.493 e. The molecule has 0 spiro atoms. The predicted octanol–water partition coefficient (Wildman–Crippen LogP) is 3.23. The van der Waals surface area contributed by atoms with Crippen LogP contribution in [0.5, 0.6) is 5.75 Å². The molecule has 2 fully saturated rings. The second-order valence-electron chi connectivity index (χ2n) is 9.70. The molecule has 190 valence electrons. The molecule has 2 aromatic heterocycles. The van der Waals surface area contributed by atoms with Gasteiger partial charge in [0.25, 0.3) is 5.91 Å². The van der Waals surface area contributed by atoms with E-state index in [1.807, 2.05) is 6.92 Å². The van der Waals surface area contributed by atoms with Gasteiger partial charge < -0.3 is 24.7 Å². The van der Waals surface area contributed by atoms with Crippen LogP contribution in [0.1, 0.15) is 42.2 Å². The highest BCUT2D eigenvalue weighted by molar-refractivity contribution is 6.09. The molecule has 1 aliphatic heterocycles. The van der Waals surface area contributed by atoms with Crippen molar-refractivity contribution in [2.75, 3.05) is 26.9 Å². The highest BCUT2D eigenvalue weighted by atomic mass is 19.1. The molecule has 2 aliphatic rings. The standard InChI is InChI=1S/C26H30FN5O4/c1-14-8-18(10-32(14)21(33)12-35-3)31-26(34)22-15(2)30-25-23(28-13-29-24(22)25)19-9-17(27)6-7-20(19)36-11-16-4-5-16/h6-7,9,13-14,16,18,30H,4-5,8,10-12H2,1-3H3,(H,31,34)/t14-,18+/m0/s1. The van der Waals surface area contributed by atoms with Gasteiger partial charge in [-0.3, -0.25) is 9.59 Å². The van der Waals surface area contributed by atoms with Gasteiger partial charge in [0.1, 0.15) is 35.7 Å². The molecule has 0 radical (unpaired) electrons. The van der Waals surface area contributed by atoms with Gasteiger partial charge in [-0.15, -0.1) is 0 Å². The van der Waals surface area contributed by atoms with E-state index in [0.717, 1.165) is 12.8 Å². The van der Waals surface area contributed by atoms with Crippen LogP contribution in [-0.4, -0.2) is 70.6 Å². The second kappa shape index (κ2) is 9.85. The molecule has 2 atom stereocenters. The number of hydrogen-bond donors (Lipinski definition) is 2. The fourth-order valence-corrected chi connectivity index (χ4v) is 4.86. The molecule has 2 N–H and O–H groups in total. The molecule has 36 heavy (non-hydrogen) atoms. The molecular weight excluding hydrogens is 465 g/mol. The van der Waals surface area contributed by atoms with E-state index in [9.17, 15) is 14.0 Å². The molecule has 5 rings (SSSR count). The first-order valence-electron chi connectivity index (χ1n) is 12.2. The van der Waals surface area contributed by atoms with E-state index in [-0.39, 0.29) is 30.5 Å². The molecule has 0 unspecified atom stereocenters. The van der Waals surface area contributed by atoms with Crippen LogP contribution in [0.25, 0.3) is 22.3 Å². The van der Waals surface area contributed by atoms with Gasteiger partial charge in [-0.25, -0.2) is 14.4 Å². The van der Waals surface area contributed by atoms with Crippen LogP contribution in [0.2, 0.25) is 0 Å². The zero-order valence-electron chi connectivity index (χ0n) is 20.6. The van der Waals surface area contributed by atoms with Crippen LogP contribution >= 0.6 is 0 Å². The second-order valence-corrected chi connectivity index (χ2v) is 9.70. The first-order valence-corrected chi connectivity index (χ1v) is 12.2. The van der Waals surface area contributed by atoms with E-state index in [2.05, 4.69) is 20.3 Å². The van der Waals surface area contributed by atoms with Gasteiger partial charge in [0.2, 0.25) is 5.91 Å². The van der Waals surface area contributed by atoms with Crippen LogP contribution in [0.3, 0.4) is 0 Å². The molecule has 0 bridgehead atoms. The molecular formula is C26H30FN5O4. The summed E-state index contributed by atoms with van der Waals surface area (Å²) in [5.74, 6) is 0.292. The Labute approximate surface area is 208 Å². The summed E-state index contributed by atoms with van der Waals surface area (Å²) in [6.07, 6.45) is 4.30. The first kappa shape index (κ1) is 24.2. The number of rotatable bonds is 8. The van der Waals surface area contributed by atoms with Crippen molar-refractivity contribution in [1.29, 1.82) is 0 Å². The lowest BCUT2D eigenvalue weighted by Gasteiger charge is -2.20. The number of benzene rings is 1.